The number of thioether (sulfide) groups is 1. The number of hydrogen-bond donors (Lipinski definition) is 3. The average Bonchev–Trinajstić information content (AvgIpc) is 3.20. The molecule has 1 unspecified atom stereocenters. The van der Waals surface area contributed by atoms with Crippen LogP contribution in [0.5, 0.6) is 0 Å². The number of nitrogens with zero attached hydrogens (tertiary/aromatic N) is 4. The number of halogens is 1. The number of rotatable bonds is 8. The Morgan fingerprint density at radius 3 is 2.54 bits per heavy atom. The second-order valence-corrected chi connectivity index (χ2v) is 8.42. The highest BCUT2D eigenvalue weighted by molar-refractivity contribution is 7.99. The lowest BCUT2D eigenvalue weighted by molar-refractivity contribution is -0.384. The van der Waals surface area contributed by atoms with Crippen molar-refractivity contribution in [3.63, 3.8) is 0 Å². The quantitative estimate of drug-likeness (QED) is 0.241. The molecule has 35 heavy (non-hydrogen) atoms. The van der Waals surface area contributed by atoms with E-state index in [1.54, 1.807) is 4.57 Å². The maximum absolute atomic E-state index is 13.5. The summed E-state index contributed by atoms with van der Waals surface area (Å²) in [5, 5.41) is 26.9. The molecule has 14 heteroatoms. The minimum atomic E-state index is -0.600. The van der Waals surface area contributed by atoms with Crippen LogP contribution in [0.4, 0.5) is 20.6 Å². The molecule has 4 amide bonds. The Morgan fingerprint density at radius 1 is 1.17 bits per heavy atom. The Labute approximate surface area is 201 Å². The molecule has 2 heterocycles. The van der Waals surface area contributed by atoms with Gasteiger partial charge in [-0.05, 0) is 36.4 Å². The van der Waals surface area contributed by atoms with E-state index in [0.717, 1.165) is 11.8 Å². The molecule has 1 aliphatic heterocycles. The highest BCUT2D eigenvalue weighted by Crippen LogP contribution is 2.24. The topological polar surface area (TPSA) is 161 Å². The lowest BCUT2D eigenvalue weighted by Crippen LogP contribution is -2.53. The number of anilines is 1. The van der Waals surface area contributed by atoms with Crippen molar-refractivity contribution < 1.29 is 23.7 Å². The van der Waals surface area contributed by atoms with Crippen LogP contribution >= 0.6 is 11.8 Å². The van der Waals surface area contributed by atoms with E-state index in [4.69, 9.17) is 0 Å². The van der Waals surface area contributed by atoms with Crippen molar-refractivity contribution in [3.05, 3.63) is 70.3 Å². The third-order valence-electron chi connectivity index (χ3n) is 4.93. The van der Waals surface area contributed by atoms with Crippen molar-refractivity contribution in [2.45, 2.75) is 24.0 Å². The number of benzene rings is 2. The van der Waals surface area contributed by atoms with Crippen molar-refractivity contribution in [2.75, 3.05) is 11.1 Å². The van der Waals surface area contributed by atoms with Crippen molar-refractivity contribution in [3.8, 4) is 5.69 Å². The molecule has 0 spiro atoms. The summed E-state index contributed by atoms with van der Waals surface area (Å²) in [5.74, 6) is -0.871. The van der Waals surface area contributed by atoms with Crippen LogP contribution in [0.15, 0.2) is 53.7 Å². The van der Waals surface area contributed by atoms with Crippen molar-refractivity contribution >= 4 is 41.0 Å². The molecule has 4 rings (SSSR count). The van der Waals surface area contributed by atoms with E-state index in [9.17, 15) is 28.9 Å². The van der Waals surface area contributed by atoms with E-state index in [1.807, 2.05) is 0 Å². The third kappa shape index (κ3) is 5.97. The van der Waals surface area contributed by atoms with Gasteiger partial charge in [-0.25, -0.2) is 9.18 Å². The molecule has 1 aliphatic rings. The van der Waals surface area contributed by atoms with Crippen LogP contribution in [0.25, 0.3) is 5.69 Å². The predicted molar refractivity (Wildman–Crippen MR) is 123 cm³/mol. The van der Waals surface area contributed by atoms with Gasteiger partial charge in [0.1, 0.15) is 11.6 Å². The number of imide groups is 1. The predicted octanol–water partition coefficient (Wildman–Crippen LogP) is 2.19. The van der Waals surface area contributed by atoms with Crippen LogP contribution in [0.3, 0.4) is 0 Å². The van der Waals surface area contributed by atoms with Gasteiger partial charge in [-0.2, -0.15) is 0 Å². The first-order valence-electron chi connectivity index (χ1n) is 10.3. The van der Waals surface area contributed by atoms with Crippen LogP contribution in [0.1, 0.15) is 12.2 Å². The molecule has 2 aromatic carbocycles. The summed E-state index contributed by atoms with van der Waals surface area (Å²) < 4.78 is 15.1. The molecule has 3 N–H and O–H groups in total. The number of aromatic nitrogens is 3. The first kappa shape index (κ1) is 23.8. The minimum Gasteiger partial charge on any atom is -0.334 e. The normalized spacial score (nSPS) is 15.3. The average molecular weight is 499 g/mol. The second-order valence-electron chi connectivity index (χ2n) is 7.48. The summed E-state index contributed by atoms with van der Waals surface area (Å²) in [4.78, 5) is 46.0. The molecule has 0 aliphatic carbocycles. The minimum absolute atomic E-state index is 0.0567. The van der Waals surface area contributed by atoms with Gasteiger partial charge in [0, 0.05) is 42.4 Å². The highest BCUT2D eigenvalue weighted by atomic mass is 32.2. The lowest BCUT2D eigenvalue weighted by atomic mass is 10.1. The van der Waals surface area contributed by atoms with Gasteiger partial charge in [-0.3, -0.25) is 29.6 Å². The van der Waals surface area contributed by atoms with Crippen LogP contribution in [-0.2, 0) is 16.0 Å². The van der Waals surface area contributed by atoms with Gasteiger partial charge in [0.25, 0.3) is 5.69 Å². The number of nitro groups is 1. The molecule has 0 saturated carbocycles. The van der Waals surface area contributed by atoms with Crippen molar-refractivity contribution in [1.29, 1.82) is 0 Å². The Morgan fingerprint density at radius 2 is 1.89 bits per heavy atom. The fourth-order valence-electron chi connectivity index (χ4n) is 3.39. The first-order chi connectivity index (χ1) is 16.8. The number of urea groups is 1. The fourth-order valence-corrected chi connectivity index (χ4v) is 4.16. The number of carbonyl (C=O) groups is 3. The fraction of sp³-hybridized carbons (Fsp3) is 0.190. The molecule has 180 valence electrons. The molecule has 3 aromatic rings. The van der Waals surface area contributed by atoms with E-state index in [2.05, 4.69) is 26.1 Å². The zero-order valence-corrected chi connectivity index (χ0v) is 18.8. The van der Waals surface area contributed by atoms with E-state index in [0.29, 0.717) is 22.4 Å². The van der Waals surface area contributed by atoms with Gasteiger partial charge in [-0.1, -0.05) is 11.8 Å². The molecule has 1 fully saturated rings. The Bertz CT molecular complexity index is 1260. The molecule has 1 atom stereocenters. The SMILES string of the molecule is O=C1CC(Cc2nnc(SCC(=O)Nc3ccc([N+](=O)[O-])cc3)n2-c2ccc(F)cc2)NC(=O)N1. The summed E-state index contributed by atoms with van der Waals surface area (Å²) in [7, 11) is 0. The zero-order valence-electron chi connectivity index (χ0n) is 17.9. The summed E-state index contributed by atoms with van der Waals surface area (Å²) in [6, 6.07) is 9.89. The third-order valence-corrected chi connectivity index (χ3v) is 5.86. The van der Waals surface area contributed by atoms with Gasteiger partial charge >= 0.3 is 6.03 Å². The number of hydrogen-bond acceptors (Lipinski definition) is 8. The Balaban J connectivity index is 1.50. The van der Waals surface area contributed by atoms with Gasteiger partial charge in [0.05, 0.1) is 10.7 Å². The van der Waals surface area contributed by atoms with Gasteiger partial charge in [-0.15, -0.1) is 10.2 Å². The summed E-state index contributed by atoms with van der Waals surface area (Å²) in [6.07, 6.45) is 0.237. The zero-order chi connectivity index (χ0) is 24.9. The summed E-state index contributed by atoms with van der Waals surface area (Å²) >= 11 is 1.07. The smallest absolute Gasteiger partial charge is 0.321 e. The van der Waals surface area contributed by atoms with Crippen LogP contribution in [-0.4, -0.2) is 49.3 Å². The largest absolute Gasteiger partial charge is 0.334 e. The first-order valence-corrected chi connectivity index (χ1v) is 11.2. The summed E-state index contributed by atoms with van der Waals surface area (Å²) in [5.41, 5.74) is 0.841. The maximum atomic E-state index is 13.5. The maximum Gasteiger partial charge on any atom is 0.321 e. The molecule has 1 aromatic heterocycles. The number of carbonyl (C=O) groups excluding carboxylic acids is 3. The van der Waals surface area contributed by atoms with Crippen LogP contribution < -0.4 is 16.0 Å². The van der Waals surface area contributed by atoms with Gasteiger partial charge in [0.15, 0.2) is 5.16 Å². The number of nitro benzene ring substituents is 1. The lowest BCUT2D eigenvalue weighted by Gasteiger charge is -2.23. The molecule has 0 radical (unpaired) electrons. The summed E-state index contributed by atoms with van der Waals surface area (Å²) in [6.45, 7) is 0. The van der Waals surface area contributed by atoms with E-state index < -0.39 is 28.7 Å². The van der Waals surface area contributed by atoms with Crippen molar-refractivity contribution in [2.24, 2.45) is 0 Å². The van der Waals surface area contributed by atoms with E-state index in [-0.39, 0.29) is 30.2 Å². The van der Waals surface area contributed by atoms with Gasteiger partial charge < -0.3 is 10.6 Å². The highest BCUT2D eigenvalue weighted by Gasteiger charge is 2.27. The molecular formula is C21H18FN7O5S. The standard InChI is InChI=1S/C21H18FN7O5S/c22-12-1-5-15(6-2-12)28-17(9-14-10-18(30)25-20(32)24-14)26-27-21(28)35-11-19(31)23-13-3-7-16(8-4-13)29(33)34/h1-8,14H,9-11H2,(H,23,31)(H2,24,25,30,32). The second kappa shape index (κ2) is 10.3. The Hall–Kier alpha value is -4.33. The monoisotopic (exact) mass is 499 g/mol. The molecule has 1 saturated heterocycles. The van der Waals surface area contributed by atoms with Crippen molar-refractivity contribution in [1.82, 2.24) is 25.4 Å². The molecular weight excluding hydrogens is 481 g/mol. The van der Waals surface area contributed by atoms with E-state index in [1.165, 1.54) is 48.5 Å². The van der Waals surface area contributed by atoms with E-state index >= 15 is 0 Å². The Kier molecular flexibility index (Phi) is 7.01. The van der Waals surface area contributed by atoms with Gasteiger partial charge in [0.2, 0.25) is 11.8 Å². The molecule has 0 bridgehead atoms. The number of amides is 4. The number of nitrogens with one attached hydrogen (secondary N) is 3. The molecule has 12 nitrogen and oxygen atoms in total. The van der Waals surface area contributed by atoms with Crippen LogP contribution in [0.2, 0.25) is 0 Å². The van der Waals surface area contributed by atoms with Crippen LogP contribution in [0, 0.1) is 15.9 Å². The number of non-ortho nitro benzene ring substituents is 1.